The van der Waals surface area contributed by atoms with Crippen LogP contribution in [-0.4, -0.2) is 18.3 Å². The first-order valence-corrected chi connectivity index (χ1v) is 7.35. The third-order valence-corrected chi connectivity index (χ3v) is 4.16. The van der Waals surface area contributed by atoms with Gasteiger partial charge in [0.25, 0.3) is 0 Å². The number of hydrogen-bond donors (Lipinski definition) is 3. The molecule has 2 aromatic rings. The second kappa shape index (κ2) is 6.62. The van der Waals surface area contributed by atoms with E-state index < -0.39 is 6.09 Å². The minimum absolute atomic E-state index is 0.421. The molecule has 0 aliphatic heterocycles. The number of thiophene rings is 1. The molecule has 2 rings (SSSR count). The SMILES string of the molecule is COc1cc(NCc2ccc(Br)s2)ccc1NC(=O)O. The number of methoxy groups -OCH3 is 1. The summed E-state index contributed by atoms with van der Waals surface area (Å²) >= 11 is 5.08. The fourth-order valence-electron chi connectivity index (χ4n) is 1.66. The van der Waals surface area contributed by atoms with Gasteiger partial charge in [-0.1, -0.05) is 0 Å². The summed E-state index contributed by atoms with van der Waals surface area (Å²) < 4.78 is 6.26. The third kappa shape index (κ3) is 3.88. The van der Waals surface area contributed by atoms with Crippen molar-refractivity contribution in [2.75, 3.05) is 17.7 Å². The number of anilines is 2. The maximum Gasteiger partial charge on any atom is 0.409 e. The lowest BCUT2D eigenvalue weighted by Gasteiger charge is -2.11. The minimum atomic E-state index is -1.12. The van der Waals surface area contributed by atoms with E-state index in [-0.39, 0.29) is 0 Å². The second-order valence-corrected chi connectivity index (χ2v) is 6.45. The average molecular weight is 357 g/mol. The molecule has 0 spiro atoms. The number of halogens is 1. The first kappa shape index (κ1) is 14.7. The highest BCUT2D eigenvalue weighted by Crippen LogP contribution is 2.29. The van der Waals surface area contributed by atoms with E-state index in [0.717, 1.165) is 9.47 Å². The van der Waals surface area contributed by atoms with Crippen LogP contribution >= 0.6 is 27.3 Å². The second-order valence-electron chi connectivity index (χ2n) is 3.90. The molecule has 20 heavy (non-hydrogen) atoms. The van der Waals surface area contributed by atoms with E-state index in [1.165, 1.54) is 12.0 Å². The Morgan fingerprint density at radius 3 is 2.80 bits per heavy atom. The van der Waals surface area contributed by atoms with Gasteiger partial charge in [-0.15, -0.1) is 11.3 Å². The van der Waals surface area contributed by atoms with Crippen LogP contribution in [0, 0.1) is 0 Å². The van der Waals surface area contributed by atoms with Crippen molar-refractivity contribution in [1.82, 2.24) is 0 Å². The number of carboxylic acid groups (broad SMARTS) is 1. The molecule has 0 aliphatic rings. The molecule has 1 heterocycles. The van der Waals surface area contributed by atoms with E-state index >= 15 is 0 Å². The van der Waals surface area contributed by atoms with Crippen LogP contribution in [0.3, 0.4) is 0 Å². The highest BCUT2D eigenvalue weighted by molar-refractivity contribution is 9.11. The van der Waals surface area contributed by atoms with Gasteiger partial charge in [0.1, 0.15) is 5.75 Å². The van der Waals surface area contributed by atoms with Gasteiger partial charge >= 0.3 is 6.09 Å². The van der Waals surface area contributed by atoms with Crippen LogP contribution < -0.4 is 15.4 Å². The molecule has 0 radical (unpaired) electrons. The Morgan fingerprint density at radius 1 is 1.40 bits per heavy atom. The molecule has 0 aliphatic carbocycles. The summed E-state index contributed by atoms with van der Waals surface area (Å²) in [5.41, 5.74) is 1.28. The highest BCUT2D eigenvalue weighted by atomic mass is 79.9. The Bertz CT molecular complexity index is 615. The lowest BCUT2D eigenvalue weighted by atomic mass is 10.2. The summed E-state index contributed by atoms with van der Waals surface area (Å²) in [5, 5.41) is 14.3. The van der Waals surface area contributed by atoms with Gasteiger partial charge in [0, 0.05) is 23.2 Å². The maximum absolute atomic E-state index is 10.6. The zero-order valence-electron chi connectivity index (χ0n) is 10.6. The number of hydrogen-bond acceptors (Lipinski definition) is 4. The standard InChI is InChI=1S/C13H13BrN2O3S/c1-19-11-6-8(2-4-10(11)16-13(17)18)15-7-9-3-5-12(14)20-9/h2-6,15-16H,7H2,1H3,(H,17,18). The lowest BCUT2D eigenvalue weighted by molar-refractivity contribution is 0.209. The number of amides is 1. The van der Waals surface area contributed by atoms with Gasteiger partial charge in [-0.25, -0.2) is 4.79 Å². The summed E-state index contributed by atoms with van der Waals surface area (Å²) in [6.07, 6.45) is -1.12. The van der Waals surface area contributed by atoms with Crippen LogP contribution in [0.15, 0.2) is 34.1 Å². The van der Waals surface area contributed by atoms with Crippen LogP contribution in [0.4, 0.5) is 16.2 Å². The van der Waals surface area contributed by atoms with E-state index in [4.69, 9.17) is 9.84 Å². The molecule has 0 saturated heterocycles. The molecule has 5 nitrogen and oxygen atoms in total. The summed E-state index contributed by atoms with van der Waals surface area (Å²) in [5.74, 6) is 0.477. The minimum Gasteiger partial charge on any atom is -0.494 e. The highest BCUT2D eigenvalue weighted by Gasteiger charge is 2.07. The molecule has 0 unspecified atom stereocenters. The zero-order chi connectivity index (χ0) is 14.5. The summed E-state index contributed by atoms with van der Waals surface area (Å²) in [4.78, 5) is 11.8. The van der Waals surface area contributed by atoms with Gasteiger partial charge in [-0.2, -0.15) is 0 Å². The molecular weight excluding hydrogens is 344 g/mol. The molecular formula is C13H13BrN2O3S. The number of nitrogens with one attached hydrogen (secondary N) is 2. The van der Waals surface area contributed by atoms with Crippen molar-refractivity contribution in [1.29, 1.82) is 0 Å². The van der Waals surface area contributed by atoms with Crippen molar-refractivity contribution in [3.63, 3.8) is 0 Å². The topological polar surface area (TPSA) is 70.6 Å². The number of carbonyl (C=O) groups is 1. The predicted molar refractivity (Wildman–Crippen MR) is 84.0 cm³/mol. The summed E-state index contributed by atoms with van der Waals surface area (Å²) in [6, 6.07) is 9.27. The van der Waals surface area contributed by atoms with Gasteiger partial charge in [0.05, 0.1) is 16.6 Å². The third-order valence-electron chi connectivity index (χ3n) is 2.54. The summed E-state index contributed by atoms with van der Waals surface area (Å²) in [6.45, 7) is 0.700. The molecule has 106 valence electrons. The average Bonchev–Trinajstić information content (AvgIpc) is 2.83. The molecule has 0 saturated carbocycles. The van der Waals surface area contributed by atoms with Crippen molar-refractivity contribution >= 4 is 44.7 Å². The van der Waals surface area contributed by atoms with Gasteiger partial charge in [-0.05, 0) is 40.2 Å². The van der Waals surface area contributed by atoms with Crippen molar-refractivity contribution in [3.05, 3.63) is 39.0 Å². The van der Waals surface area contributed by atoms with Crippen molar-refractivity contribution in [2.45, 2.75) is 6.54 Å². The van der Waals surface area contributed by atoms with E-state index in [0.29, 0.717) is 18.0 Å². The predicted octanol–water partition coefficient (Wildman–Crippen LogP) is 4.22. The molecule has 0 fully saturated rings. The largest absolute Gasteiger partial charge is 0.494 e. The van der Waals surface area contributed by atoms with Crippen LogP contribution in [0.1, 0.15) is 4.88 Å². The van der Waals surface area contributed by atoms with Crippen LogP contribution in [0.25, 0.3) is 0 Å². The molecule has 0 bridgehead atoms. The number of ether oxygens (including phenoxy) is 1. The molecule has 7 heteroatoms. The Morgan fingerprint density at radius 2 is 2.20 bits per heavy atom. The van der Waals surface area contributed by atoms with E-state index in [2.05, 4.69) is 26.6 Å². The monoisotopic (exact) mass is 356 g/mol. The van der Waals surface area contributed by atoms with Crippen molar-refractivity contribution in [2.24, 2.45) is 0 Å². The van der Waals surface area contributed by atoms with E-state index in [9.17, 15) is 4.79 Å². The maximum atomic E-state index is 10.6. The Kier molecular flexibility index (Phi) is 4.86. The Balaban J connectivity index is 2.07. The number of benzene rings is 1. The Hall–Kier alpha value is -1.73. The van der Waals surface area contributed by atoms with E-state index in [1.807, 2.05) is 12.1 Å². The van der Waals surface area contributed by atoms with Gasteiger partial charge < -0.3 is 15.2 Å². The van der Waals surface area contributed by atoms with Crippen molar-refractivity contribution in [3.8, 4) is 5.75 Å². The van der Waals surface area contributed by atoms with Crippen molar-refractivity contribution < 1.29 is 14.6 Å². The zero-order valence-corrected chi connectivity index (χ0v) is 13.0. The van der Waals surface area contributed by atoms with Gasteiger partial charge in [0.2, 0.25) is 0 Å². The molecule has 1 amide bonds. The molecule has 1 aromatic carbocycles. The Labute approximate surface area is 128 Å². The van der Waals surface area contributed by atoms with Crippen LogP contribution in [-0.2, 0) is 6.54 Å². The first-order chi connectivity index (χ1) is 9.58. The lowest BCUT2D eigenvalue weighted by Crippen LogP contribution is -2.08. The van der Waals surface area contributed by atoms with Gasteiger partial charge in [-0.3, -0.25) is 5.32 Å². The fraction of sp³-hybridized carbons (Fsp3) is 0.154. The summed E-state index contributed by atoms with van der Waals surface area (Å²) in [7, 11) is 1.50. The molecule has 0 atom stereocenters. The fourth-order valence-corrected chi connectivity index (χ4v) is 3.08. The molecule has 1 aromatic heterocycles. The smallest absolute Gasteiger partial charge is 0.409 e. The van der Waals surface area contributed by atoms with E-state index in [1.54, 1.807) is 29.5 Å². The van der Waals surface area contributed by atoms with Gasteiger partial charge in [0.15, 0.2) is 0 Å². The van der Waals surface area contributed by atoms with Crippen LogP contribution in [0.5, 0.6) is 5.75 Å². The van der Waals surface area contributed by atoms with Crippen LogP contribution in [0.2, 0.25) is 0 Å². The number of rotatable bonds is 5. The quantitative estimate of drug-likeness (QED) is 0.749. The normalized spacial score (nSPS) is 10.1. The first-order valence-electron chi connectivity index (χ1n) is 5.74. The molecule has 3 N–H and O–H groups in total.